The standard InChI is InChI=1S/C19H25FN4O2S/c1-19(2,3)26-18(25)24-10-4-9-23(11-12-24)17-22-21-16(27-17)13-14-5-7-15(20)8-6-14/h5-8H,4,9-13H2,1-3H3. The number of amides is 1. The third-order valence-electron chi connectivity index (χ3n) is 4.14. The molecular formula is C19H25FN4O2S. The van der Waals surface area contributed by atoms with Crippen molar-refractivity contribution in [2.45, 2.75) is 39.2 Å². The fourth-order valence-electron chi connectivity index (χ4n) is 2.84. The Morgan fingerprint density at radius 2 is 1.89 bits per heavy atom. The zero-order valence-corrected chi connectivity index (χ0v) is 16.8. The van der Waals surface area contributed by atoms with Crippen LogP contribution in [0.25, 0.3) is 0 Å². The summed E-state index contributed by atoms with van der Waals surface area (Å²) in [6, 6.07) is 6.44. The number of rotatable bonds is 3. The average Bonchev–Trinajstić information content (AvgIpc) is 2.90. The molecule has 0 unspecified atom stereocenters. The second-order valence-corrected chi connectivity index (χ2v) is 8.63. The van der Waals surface area contributed by atoms with Gasteiger partial charge in [0, 0.05) is 32.6 Å². The Morgan fingerprint density at radius 1 is 1.15 bits per heavy atom. The van der Waals surface area contributed by atoms with Crippen molar-refractivity contribution in [1.82, 2.24) is 15.1 Å². The molecule has 0 bridgehead atoms. The van der Waals surface area contributed by atoms with Crippen LogP contribution >= 0.6 is 11.3 Å². The van der Waals surface area contributed by atoms with Gasteiger partial charge in [0.05, 0.1) is 0 Å². The highest BCUT2D eigenvalue weighted by Crippen LogP contribution is 2.24. The van der Waals surface area contributed by atoms with Crippen molar-refractivity contribution in [3.63, 3.8) is 0 Å². The van der Waals surface area contributed by atoms with E-state index in [9.17, 15) is 9.18 Å². The van der Waals surface area contributed by atoms with Crippen molar-refractivity contribution in [2.75, 3.05) is 31.1 Å². The third-order valence-corrected chi connectivity index (χ3v) is 5.13. The highest BCUT2D eigenvalue weighted by molar-refractivity contribution is 7.15. The smallest absolute Gasteiger partial charge is 0.410 e. The minimum Gasteiger partial charge on any atom is -0.444 e. The normalized spacial score (nSPS) is 15.6. The lowest BCUT2D eigenvalue weighted by Gasteiger charge is -2.26. The molecule has 1 fully saturated rings. The van der Waals surface area contributed by atoms with Gasteiger partial charge in [0.1, 0.15) is 16.4 Å². The maximum Gasteiger partial charge on any atom is 0.410 e. The number of halogens is 1. The fourth-order valence-corrected chi connectivity index (χ4v) is 3.76. The molecule has 2 heterocycles. The highest BCUT2D eigenvalue weighted by atomic mass is 32.1. The first kappa shape index (κ1) is 19.5. The predicted molar refractivity (Wildman–Crippen MR) is 104 cm³/mol. The van der Waals surface area contributed by atoms with Crippen LogP contribution in [0.5, 0.6) is 0 Å². The van der Waals surface area contributed by atoms with E-state index in [-0.39, 0.29) is 11.9 Å². The molecule has 1 aromatic heterocycles. The first-order valence-corrected chi connectivity index (χ1v) is 9.91. The van der Waals surface area contributed by atoms with Crippen LogP contribution in [0.2, 0.25) is 0 Å². The number of nitrogens with zero attached hydrogens (tertiary/aromatic N) is 4. The Morgan fingerprint density at radius 3 is 2.59 bits per heavy atom. The van der Waals surface area contributed by atoms with E-state index in [0.717, 1.165) is 28.7 Å². The van der Waals surface area contributed by atoms with Gasteiger partial charge in [-0.1, -0.05) is 23.5 Å². The number of hydrogen-bond acceptors (Lipinski definition) is 6. The van der Waals surface area contributed by atoms with Crippen LogP contribution in [-0.2, 0) is 11.2 Å². The maximum absolute atomic E-state index is 13.0. The minimum atomic E-state index is -0.489. The summed E-state index contributed by atoms with van der Waals surface area (Å²) in [7, 11) is 0. The van der Waals surface area contributed by atoms with E-state index >= 15 is 0 Å². The van der Waals surface area contributed by atoms with E-state index < -0.39 is 5.60 Å². The predicted octanol–water partition coefficient (Wildman–Crippen LogP) is 3.72. The third kappa shape index (κ3) is 5.63. The number of carbonyl (C=O) groups is 1. The van der Waals surface area contributed by atoms with Gasteiger partial charge in [-0.2, -0.15) is 0 Å². The number of hydrogen-bond donors (Lipinski definition) is 0. The Hall–Kier alpha value is -2.22. The number of carbonyl (C=O) groups excluding carboxylic acids is 1. The lowest BCUT2D eigenvalue weighted by atomic mass is 10.2. The molecule has 2 aromatic rings. The molecule has 0 spiro atoms. The molecule has 8 heteroatoms. The van der Waals surface area contributed by atoms with Gasteiger partial charge in [-0.15, -0.1) is 10.2 Å². The van der Waals surface area contributed by atoms with Crippen LogP contribution in [-0.4, -0.2) is 53.0 Å². The van der Waals surface area contributed by atoms with E-state index in [1.54, 1.807) is 28.4 Å². The summed E-state index contributed by atoms with van der Waals surface area (Å²) in [5, 5.41) is 10.3. The molecule has 1 aliphatic rings. The van der Waals surface area contributed by atoms with E-state index in [1.165, 1.54) is 12.1 Å². The molecule has 0 radical (unpaired) electrons. The summed E-state index contributed by atoms with van der Waals surface area (Å²) in [4.78, 5) is 16.2. The molecule has 1 saturated heterocycles. The summed E-state index contributed by atoms with van der Waals surface area (Å²) >= 11 is 1.54. The summed E-state index contributed by atoms with van der Waals surface area (Å²) in [5.41, 5.74) is 0.517. The van der Waals surface area contributed by atoms with E-state index in [0.29, 0.717) is 26.1 Å². The molecule has 0 aliphatic carbocycles. The molecule has 27 heavy (non-hydrogen) atoms. The molecule has 1 aliphatic heterocycles. The second-order valence-electron chi connectivity index (χ2n) is 7.59. The van der Waals surface area contributed by atoms with Gasteiger partial charge in [-0.3, -0.25) is 0 Å². The number of ether oxygens (including phenoxy) is 1. The van der Waals surface area contributed by atoms with Crippen molar-refractivity contribution in [3.05, 3.63) is 40.7 Å². The Bertz CT molecular complexity index is 773. The Kier molecular flexibility index (Phi) is 5.94. The molecule has 0 saturated carbocycles. The number of aromatic nitrogens is 2. The monoisotopic (exact) mass is 392 g/mol. The van der Waals surface area contributed by atoms with Gasteiger partial charge in [0.25, 0.3) is 0 Å². The molecule has 6 nitrogen and oxygen atoms in total. The lowest BCUT2D eigenvalue weighted by Crippen LogP contribution is -2.39. The zero-order valence-electron chi connectivity index (χ0n) is 15.9. The molecule has 146 valence electrons. The van der Waals surface area contributed by atoms with Gasteiger partial charge in [0.2, 0.25) is 5.13 Å². The average molecular weight is 393 g/mol. The van der Waals surface area contributed by atoms with E-state index in [4.69, 9.17) is 4.74 Å². The van der Waals surface area contributed by atoms with Crippen LogP contribution in [0.15, 0.2) is 24.3 Å². The van der Waals surface area contributed by atoms with Crippen LogP contribution in [0.4, 0.5) is 14.3 Å². The summed E-state index contributed by atoms with van der Waals surface area (Å²) < 4.78 is 18.5. The molecule has 0 atom stereocenters. The second kappa shape index (κ2) is 8.21. The van der Waals surface area contributed by atoms with Crippen LogP contribution in [0, 0.1) is 5.82 Å². The summed E-state index contributed by atoms with van der Waals surface area (Å²) in [6.07, 6.45) is 1.22. The summed E-state index contributed by atoms with van der Waals surface area (Å²) in [6.45, 7) is 8.42. The number of benzene rings is 1. The van der Waals surface area contributed by atoms with Gasteiger partial charge in [0.15, 0.2) is 0 Å². The molecule has 1 aromatic carbocycles. The molecule has 0 N–H and O–H groups in total. The quantitative estimate of drug-likeness (QED) is 0.797. The molecule has 1 amide bonds. The van der Waals surface area contributed by atoms with E-state index in [1.807, 2.05) is 20.8 Å². The van der Waals surface area contributed by atoms with Crippen LogP contribution in [0.3, 0.4) is 0 Å². The van der Waals surface area contributed by atoms with Crippen molar-refractivity contribution >= 4 is 22.6 Å². The summed E-state index contributed by atoms with van der Waals surface area (Å²) in [5.74, 6) is -0.240. The highest BCUT2D eigenvalue weighted by Gasteiger charge is 2.25. The first-order chi connectivity index (χ1) is 12.8. The largest absolute Gasteiger partial charge is 0.444 e. The maximum atomic E-state index is 13.0. The topological polar surface area (TPSA) is 58.6 Å². The van der Waals surface area contributed by atoms with Crippen LogP contribution < -0.4 is 4.90 Å². The van der Waals surface area contributed by atoms with Crippen molar-refractivity contribution < 1.29 is 13.9 Å². The lowest BCUT2D eigenvalue weighted by molar-refractivity contribution is 0.0263. The van der Waals surface area contributed by atoms with Crippen molar-refractivity contribution in [2.24, 2.45) is 0 Å². The van der Waals surface area contributed by atoms with Gasteiger partial charge in [-0.05, 0) is 44.9 Å². The van der Waals surface area contributed by atoms with Crippen LogP contribution in [0.1, 0.15) is 37.8 Å². The van der Waals surface area contributed by atoms with Gasteiger partial charge < -0.3 is 14.5 Å². The van der Waals surface area contributed by atoms with Gasteiger partial charge in [-0.25, -0.2) is 9.18 Å². The minimum absolute atomic E-state index is 0.240. The first-order valence-electron chi connectivity index (χ1n) is 9.10. The molecule has 3 rings (SSSR count). The van der Waals surface area contributed by atoms with Gasteiger partial charge >= 0.3 is 6.09 Å². The van der Waals surface area contributed by atoms with Crippen molar-refractivity contribution in [1.29, 1.82) is 0 Å². The fraction of sp³-hybridized carbons (Fsp3) is 0.526. The zero-order chi connectivity index (χ0) is 19.4. The SMILES string of the molecule is CC(C)(C)OC(=O)N1CCCN(c2nnc(Cc3ccc(F)cc3)s2)CC1. The Labute approximate surface area is 163 Å². The Balaban J connectivity index is 1.58. The molecular weight excluding hydrogens is 367 g/mol. The number of anilines is 1. The van der Waals surface area contributed by atoms with E-state index in [2.05, 4.69) is 15.1 Å². The van der Waals surface area contributed by atoms with Crippen molar-refractivity contribution in [3.8, 4) is 0 Å².